The number of hydroxylamine groups is 1. The van der Waals surface area contributed by atoms with Gasteiger partial charge in [0.15, 0.2) is 9.84 Å². The third-order valence-electron chi connectivity index (χ3n) is 3.85. The van der Waals surface area contributed by atoms with Crippen molar-refractivity contribution in [3.63, 3.8) is 0 Å². The van der Waals surface area contributed by atoms with E-state index in [2.05, 4.69) is 5.32 Å². The number of para-hydroxylation sites is 1. The highest BCUT2D eigenvalue weighted by Gasteiger charge is 2.41. The molecule has 1 fully saturated rings. The molecule has 9 heteroatoms. The van der Waals surface area contributed by atoms with E-state index < -0.39 is 26.4 Å². The first kappa shape index (κ1) is 18.7. The molecular formula is C17H18N2O5S2. The lowest BCUT2D eigenvalue weighted by Gasteiger charge is -2.30. The number of hydrogen-bond donors (Lipinski definition) is 3. The van der Waals surface area contributed by atoms with Gasteiger partial charge in [-0.1, -0.05) is 18.2 Å². The minimum atomic E-state index is -3.78. The van der Waals surface area contributed by atoms with Crippen LogP contribution in [0.1, 0.15) is 0 Å². The summed E-state index contributed by atoms with van der Waals surface area (Å²) in [5, 5.41) is 11.7. The van der Waals surface area contributed by atoms with E-state index in [4.69, 9.17) is 9.94 Å². The molecule has 3 N–H and O–H groups in total. The van der Waals surface area contributed by atoms with Gasteiger partial charge in [-0.05, 0) is 36.4 Å². The number of amides is 1. The molecular weight excluding hydrogens is 376 g/mol. The molecule has 1 aliphatic rings. The van der Waals surface area contributed by atoms with Crippen molar-refractivity contribution in [1.29, 1.82) is 0 Å². The van der Waals surface area contributed by atoms with Crippen molar-refractivity contribution in [3.05, 3.63) is 54.6 Å². The summed E-state index contributed by atoms with van der Waals surface area (Å²) >= 11 is 1.17. The van der Waals surface area contributed by atoms with Crippen LogP contribution in [0.4, 0.5) is 0 Å². The minimum absolute atomic E-state index is 0.0925. The maximum Gasteiger partial charge on any atom is 0.262 e. The molecule has 2 aromatic carbocycles. The van der Waals surface area contributed by atoms with Crippen LogP contribution in [0.15, 0.2) is 59.5 Å². The van der Waals surface area contributed by atoms with E-state index >= 15 is 0 Å². The Morgan fingerprint density at radius 2 is 1.77 bits per heavy atom. The van der Waals surface area contributed by atoms with E-state index in [1.807, 2.05) is 18.2 Å². The SMILES string of the molecule is O=C(NO)C1NCCSC1S(=O)(=O)c1ccc(Oc2ccccc2)cc1. The fraction of sp³-hybridized carbons (Fsp3) is 0.235. The second kappa shape index (κ2) is 8.09. The van der Waals surface area contributed by atoms with Crippen LogP contribution >= 0.6 is 11.8 Å². The standard InChI is InChI=1S/C17H18N2O5S2/c20-16(19-21)15-17(25-11-10-18-15)26(22,23)14-8-6-13(7-9-14)24-12-4-2-1-3-5-12/h1-9,15,17-18,21H,10-11H2,(H,19,20). The van der Waals surface area contributed by atoms with Gasteiger partial charge in [-0.3, -0.25) is 10.0 Å². The minimum Gasteiger partial charge on any atom is -0.457 e. The number of benzene rings is 2. The van der Waals surface area contributed by atoms with Gasteiger partial charge in [-0.15, -0.1) is 11.8 Å². The number of thioether (sulfide) groups is 1. The van der Waals surface area contributed by atoms with E-state index in [-0.39, 0.29) is 4.90 Å². The summed E-state index contributed by atoms with van der Waals surface area (Å²) in [6.07, 6.45) is 0. The molecule has 0 spiro atoms. The predicted molar refractivity (Wildman–Crippen MR) is 98.1 cm³/mol. The topological polar surface area (TPSA) is 105 Å². The van der Waals surface area contributed by atoms with Crippen LogP contribution in [0.5, 0.6) is 11.5 Å². The number of carbonyl (C=O) groups excluding carboxylic acids is 1. The maximum absolute atomic E-state index is 12.9. The van der Waals surface area contributed by atoms with Crippen LogP contribution in [-0.4, -0.2) is 42.5 Å². The lowest BCUT2D eigenvalue weighted by molar-refractivity contribution is -0.131. The zero-order valence-electron chi connectivity index (χ0n) is 13.7. The van der Waals surface area contributed by atoms with Crippen molar-refractivity contribution in [1.82, 2.24) is 10.8 Å². The lowest BCUT2D eigenvalue weighted by Crippen LogP contribution is -2.55. The van der Waals surface area contributed by atoms with Crippen LogP contribution in [-0.2, 0) is 14.6 Å². The number of nitrogens with one attached hydrogen (secondary N) is 2. The molecule has 3 rings (SSSR count). The second-order valence-electron chi connectivity index (χ2n) is 5.58. The maximum atomic E-state index is 12.9. The van der Waals surface area contributed by atoms with Gasteiger partial charge in [0.2, 0.25) is 0 Å². The smallest absolute Gasteiger partial charge is 0.262 e. The molecule has 26 heavy (non-hydrogen) atoms. The Hall–Kier alpha value is -2.07. The molecule has 0 saturated carbocycles. The Balaban J connectivity index is 1.81. The largest absolute Gasteiger partial charge is 0.457 e. The molecule has 7 nitrogen and oxygen atoms in total. The Morgan fingerprint density at radius 3 is 2.42 bits per heavy atom. The zero-order chi connectivity index (χ0) is 18.6. The quantitative estimate of drug-likeness (QED) is 0.524. The Kier molecular flexibility index (Phi) is 5.82. The van der Waals surface area contributed by atoms with E-state index in [1.165, 1.54) is 29.4 Å². The third kappa shape index (κ3) is 4.01. The monoisotopic (exact) mass is 394 g/mol. The molecule has 0 aliphatic carbocycles. The molecule has 1 heterocycles. The molecule has 0 radical (unpaired) electrons. The third-order valence-corrected chi connectivity index (χ3v) is 7.87. The van der Waals surface area contributed by atoms with E-state index in [0.29, 0.717) is 23.8 Å². The average molecular weight is 394 g/mol. The average Bonchev–Trinajstić information content (AvgIpc) is 2.68. The molecule has 0 bridgehead atoms. The molecule has 138 valence electrons. The molecule has 1 amide bonds. The first-order chi connectivity index (χ1) is 12.5. The summed E-state index contributed by atoms with van der Waals surface area (Å²) in [5.74, 6) is 0.938. The Morgan fingerprint density at radius 1 is 1.12 bits per heavy atom. The number of ether oxygens (including phenoxy) is 1. The Bertz CT molecular complexity index is 856. The van der Waals surface area contributed by atoms with Gasteiger partial charge in [0, 0.05) is 12.3 Å². The first-order valence-electron chi connectivity index (χ1n) is 7.88. The summed E-state index contributed by atoms with van der Waals surface area (Å²) in [6, 6.07) is 14.2. The molecule has 0 aromatic heterocycles. The van der Waals surface area contributed by atoms with Gasteiger partial charge in [0.05, 0.1) is 4.90 Å². The summed E-state index contributed by atoms with van der Waals surface area (Å²) in [5.41, 5.74) is 1.53. The lowest BCUT2D eigenvalue weighted by atomic mass is 10.3. The number of sulfone groups is 1. The van der Waals surface area contributed by atoms with Crippen molar-refractivity contribution in [2.75, 3.05) is 12.3 Å². The molecule has 2 unspecified atom stereocenters. The zero-order valence-corrected chi connectivity index (χ0v) is 15.3. The van der Waals surface area contributed by atoms with Crippen molar-refractivity contribution < 1.29 is 23.2 Å². The number of carbonyl (C=O) groups is 1. The highest BCUT2D eigenvalue weighted by Crippen LogP contribution is 2.31. The molecule has 1 saturated heterocycles. The first-order valence-corrected chi connectivity index (χ1v) is 10.5. The van der Waals surface area contributed by atoms with Gasteiger partial charge in [0.1, 0.15) is 22.1 Å². The van der Waals surface area contributed by atoms with Crippen LogP contribution < -0.4 is 15.5 Å². The fourth-order valence-corrected chi connectivity index (χ4v) is 6.17. The van der Waals surface area contributed by atoms with Crippen molar-refractivity contribution in [2.45, 2.75) is 15.5 Å². The molecule has 1 aliphatic heterocycles. The van der Waals surface area contributed by atoms with E-state index in [9.17, 15) is 13.2 Å². The summed E-state index contributed by atoms with van der Waals surface area (Å²) < 4.78 is 30.5. The predicted octanol–water partition coefficient (Wildman–Crippen LogP) is 1.79. The summed E-state index contributed by atoms with van der Waals surface area (Å²) in [6.45, 7) is 0.485. The fourth-order valence-electron chi connectivity index (χ4n) is 2.59. The van der Waals surface area contributed by atoms with Crippen LogP contribution in [0.3, 0.4) is 0 Å². The highest BCUT2D eigenvalue weighted by atomic mass is 32.3. The second-order valence-corrected chi connectivity index (χ2v) is 9.20. The molecule has 2 aromatic rings. The van der Waals surface area contributed by atoms with Crippen molar-refractivity contribution >= 4 is 27.5 Å². The molecule has 2 atom stereocenters. The van der Waals surface area contributed by atoms with Gasteiger partial charge in [-0.2, -0.15) is 0 Å². The summed E-state index contributed by atoms with van der Waals surface area (Å²) in [7, 11) is -3.78. The Labute approximate surface area is 155 Å². The normalized spacial score (nSPS) is 20.3. The number of hydrogen-bond acceptors (Lipinski definition) is 7. The van der Waals surface area contributed by atoms with Crippen LogP contribution in [0.25, 0.3) is 0 Å². The van der Waals surface area contributed by atoms with Gasteiger partial charge >= 0.3 is 0 Å². The van der Waals surface area contributed by atoms with Gasteiger partial charge in [-0.25, -0.2) is 13.9 Å². The van der Waals surface area contributed by atoms with Crippen molar-refractivity contribution in [3.8, 4) is 11.5 Å². The van der Waals surface area contributed by atoms with E-state index in [1.54, 1.807) is 24.3 Å². The summed E-state index contributed by atoms with van der Waals surface area (Å²) in [4.78, 5) is 11.9. The highest BCUT2D eigenvalue weighted by molar-refractivity contribution is 8.13. The number of rotatable bonds is 5. The van der Waals surface area contributed by atoms with Crippen LogP contribution in [0.2, 0.25) is 0 Å². The van der Waals surface area contributed by atoms with Crippen LogP contribution in [0, 0.1) is 0 Å². The van der Waals surface area contributed by atoms with Gasteiger partial charge < -0.3 is 10.1 Å². The van der Waals surface area contributed by atoms with Crippen molar-refractivity contribution in [2.24, 2.45) is 0 Å². The van der Waals surface area contributed by atoms with E-state index in [0.717, 1.165) is 0 Å². The van der Waals surface area contributed by atoms with Gasteiger partial charge in [0.25, 0.3) is 5.91 Å².